The molecular weight excluding hydrogens is 208 g/mol. The zero-order chi connectivity index (χ0) is 12.0. The van der Waals surface area contributed by atoms with Crippen LogP contribution in [0, 0.1) is 0 Å². The molecule has 0 fully saturated rings. The zero-order valence-electron chi connectivity index (χ0n) is 9.57. The van der Waals surface area contributed by atoms with Crippen LogP contribution in [0.15, 0.2) is 18.2 Å². The van der Waals surface area contributed by atoms with Gasteiger partial charge in [0.05, 0.1) is 21.3 Å². The molecular formula is C12H14O4. The first-order valence-electron chi connectivity index (χ1n) is 4.75. The molecule has 1 rings (SSSR count). The lowest BCUT2D eigenvalue weighted by atomic mass is 10.1. The lowest BCUT2D eigenvalue weighted by molar-refractivity contribution is 0.348. The van der Waals surface area contributed by atoms with Crippen LogP contribution in [0.3, 0.4) is 0 Å². The van der Waals surface area contributed by atoms with Crippen molar-refractivity contribution in [1.82, 2.24) is 0 Å². The van der Waals surface area contributed by atoms with Gasteiger partial charge in [0, 0.05) is 24.1 Å². The first-order valence-corrected chi connectivity index (χ1v) is 4.75. The van der Waals surface area contributed by atoms with E-state index in [4.69, 9.17) is 14.2 Å². The maximum atomic E-state index is 10.2. The average Bonchev–Trinajstić information content (AvgIpc) is 2.35. The molecule has 0 radical (unpaired) electrons. The summed E-state index contributed by atoms with van der Waals surface area (Å²) in [6, 6.07) is 3.51. The van der Waals surface area contributed by atoms with Crippen LogP contribution in [0.2, 0.25) is 0 Å². The second kappa shape index (κ2) is 5.83. The van der Waals surface area contributed by atoms with Crippen LogP contribution in [0.5, 0.6) is 17.2 Å². The molecule has 0 amide bonds. The molecule has 0 aliphatic carbocycles. The van der Waals surface area contributed by atoms with Gasteiger partial charge in [-0.3, -0.25) is 0 Å². The van der Waals surface area contributed by atoms with E-state index in [-0.39, 0.29) is 0 Å². The van der Waals surface area contributed by atoms with E-state index < -0.39 is 0 Å². The van der Waals surface area contributed by atoms with E-state index in [1.54, 1.807) is 39.4 Å². The Morgan fingerprint density at radius 1 is 1.06 bits per heavy atom. The van der Waals surface area contributed by atoms with Crippen molar-refractivity contribution in [2.75, 3.05) is 21.3 Å². The molecule has 4 heteroatoms. The van der Waals surface area contributed by atoms with Gasteiger partial charge in [-0.15, -0.1) is 0 Å². The van der Waals surface area contributed by atoms with Crippen LogP contribution in [0.4, 0.5) is 0 Å². The van der Waals surface area contributed by atoms with E-state index in [1.165, 1.54) is 6.08 Å². The number of allylic oxidation sites excluding steroid dienone is 1. The highest BCUT2D eigenvalue weighted by atomic mass is 16.5. The summed E-state index contributed by atoms with van der Waals surface area (Å²) in [6.45, 7) is 0. The SMILES string of the molecule is COc1cc(OC)c(OC)cc1CC=C=O. The third kappa shape index (κ3) is 2.55. The van der Waals surface area contributed by atoms with Gasteiger partial charge in [-0.05, 0) is 6.07 Å². The van der Waals surface area contributed by atoms with Crippen molar-refractivity contribution in [2.45, 2.75) is 6.42 Å². The number of methoxy groups -OCH3 is 3. The minimum absolute atomic E-state index is 0.451. The van der Waals surface area contributed by atoms with E-state index in [0.29, 0.717) is 23.7 Å². The molecule has 86 valence electrons. The van der Waals surface area contributed by atoms with E-state index in [0.717, 1.165) is 5.56 Å². The minimum atomic E-state index is 0.451. The van der Waals surface area contributed by atoms with Gasteiger partial charge < -0.3 is 14.2 Å². The summed E-state index contributed by atoms with van der Waals surface area (Å²) in [5, 5.41) is 0. The molecule has 0 saturated carbocycles. The third-order valence-electron chi connectivity index (χ3n) is 2.19. The first kappa shape index (κ1) is 12.1. The third-order valence-corrected chi connectivity index (χ3v) is 2.19. The zero-order valence-corrected chi connectivity index (χ0v) is 9.57. The summed E-state index contributed by atoms with van der Waals surface area (Å²) in [4.78, 5) is 10.2. The Balaban J connectivity index is 3.19. The second-order valence-corrected chi connectivity index (χ2v) is 3.05. The maximum absolute atomic E-state index is 10.2. The number of benzene rings is 1. The van der Waals surface area contributed by atoms with Gasteiger partial charge in [-0.25, -0.2) is 4.79 Å². The summed E-state index contributed by atoms with van der Waals surface area (Å²) in [7, 11) is 4.68. The van der Waals surface area contributed by atoms with Gasteiger partial charge in [0.15, 0.2) is 11.5 Å². The fourth-order valence-corrected chi connectivity index (χ4v) is 1.40. The minimum Gasteiger partial charge on any atom is -0.496 e. The monoisotopic (exact) mass is 222 g/mol. The molecule has 1 aromatic rings. The number of carbonyl (C=O) groups excluding carboxylic acids is 1. The van der Waals surface area contributed by atoms with Crippen molar-refractivity contribution in [3.63, 3.8) is 0 Å². The molecule has 4 nitrogen and oxygen atoms in total. The van der Waals surface area contributed by atoms with Gasteiger partial charge in [-0.2, -0.15) is 0 Å². The fraction of sp³-hybridized carbons (Fsp3) is 0.333. The molecule has 0 aliphatic rings. The fourth-order valence-electron chi connectivity index (χ4n) is 1.40. The summed E-state index contributed by atoms with van der Waals surface area (Å²) in [5.41, 5.74) is 0.850. The highest BCUT2D eigenvalue weighted by Crippen LogP contribution is 2.34. The largest absolute Gasteiger partial charge is 0.496 e. The Morgan fingerprint density at radius 2 is 1.62 bits per heavy atom. The molecule has 0 heterocycles. The molecule has 0 aliphatic heterocycles. The average molecular weight is 222 g/mol. The van der Waals surface area contributed by atoms with Gasteiger partial charge in [0.2, 0.25) is 0 Å². The first-order chi connectivity index (χ1) is 7.76. The molecule has 1 aromatic carbocycles. The number of ether oxygens (including phenoxy) is 3. The van der Waals surface area contributed by atoms with Crippen LogP contribution in [0.25, 0.3) is 0 Å². The molecule has 0 unspecified atom stereocenters. The predicted octanol–water partition coefficient (Wildman–Crippen LogP) is 1.64. The molecule has 0 spiro atoms. The van der Waals surface area contributed by atoms with E-state index >= 15 is 0 Å². The second-order valence-electron chi connectivity index (χ2n) is 3.05. The van der Waals surface area contributed by atoms with Crippen molar-refractivity contribution in [3.8, 4) is 17.2 Å². The Hall–Kier alpha value is -1.93. The van der Waals surface area contributed by atoms with Gasteiger partial charge in [0.1, 0.15) is 11.7 Å². The van der Waals surface area contributed by atoms with E-state index in [1.807, 2.05) is 0 Å². The van der Waals surface area contributed by atoms with Crippen molar-refractivity contribution >= 4 is 5.94 Å². The Morgan fingerprint density at radius 3 is 2.12 bits per heavy atom. The topological polar surface area (TPSA) is 44.8 Å². The number of hydrogen-bond donors (Lipinski definition) is 0. The lowest BCUT2D eigenvalue weighted by Gasteiger charge is -2.12. The number of hydrogen-bond acceptors (Lipinski definition) is 4. The van der Waals surface area contributed by atoms with E-state index in [2.05, 4.69) is 0 Å². The molecule has 0 bridgehead atoms. The smallest absolute Gasteiger partial charge is 0.164 e. The van der Waals surface area contributed by atoms with Crippen molar-refractivity contribution in [3.05, 3.63) is 23.8 Å². The van der Waals surface area contributed by atoms with Crippen LogP contribution in [-0.2, 0) is 11.2 Å². The summed E-state index contributed by atoms with van der Waals surface area (Å²) >= 11 is 0. The molecule has 0 N–H and O–H groups in total. The van der Waals surface area contributed by atoms with Gasteiger partial charge in [-0.1, -0.05) is 0 Å². The Bertz CT molecular complexity index is 406. The van der Waals surface area contributed by atoms with Gasteiger partial charge in [0.25, 0.3) is 0 Å². The summed E-state index contributed by atoms with van der Waals surface area (Å²) in [6.07, 6.45) is 1.84. The van der Waals surface area contributed by atoms with Crippen molar-refractivity contribution < 1.29 is 19.0 Å². The van der Waals surface area contributed by atoms with Crippen molar-refractivity contribution in [1.29, 1.82) is 0 Å². The number of rotatable bonds is 5. The standard InChI is InChI=1S/C12H14O4/c1-14-10-8-12(16-3)11(15-2)7-9(10)5-4-6-13/h4,7-8H,5H2,1-3H3. The Kier molecular flexibility index (Phi) is 4.42. The maximum Gasteiger partial charge on any atom is 0.164 e. The lowest BCUT2D eigenvalue weighted by Crippen LogP contribution is -1.96. The highest BCUT2D eigenvalue weighted by Gasteiger charge is 2.10. The van der Waals surface area contributed by atoms with Crippen molar-refractivity contribution in [2.24, 2.45) is 0 Å². The van der Waals surface area contributed by atoms with Crippen LogP contribution in [0.1, 0.15) is 5.56 Å². The highest BCUT2D eigenvalue weighted by molar-refractivity contribution is 5.53. The normalized spacial score (nSPS) is 9.19. The van der Waals surface area contributed by atoms with Crippen LogP contribution < -0.4 is 14.2 Å². The van der Waals surface area contributed by atoms with Crippen LogP contribution >= 0.6 is 0 Å². The molecule has 16 heavy (non-hydrogen) atoms. The summed E-state index contributed by atoms with van der Waals surface area (Å²) < 4.78 is 15.5. The quantitative estimate of drug-likeness (QED) is 0.710. The summed E-state index contributed by atoms with van der Waals surface area (Å²) in [5.74, 6) is 3.59. The Labute approximate surface area is 94.4 Å². The molecule has 0 saturated heterocycles. The molecule has 0 aromatic heterocycles. The molecule has 0 atom stereocenters. The van der Waals surface area contributed by atoms with Gasteiger partial charge >= 0.3 is 0 Å². The predicted molar refractivity (Wildman–Crippen MR) is 60.1 cm³/mol. The van der Waals surface area contributed by atoms with Crippen LogP contribution in [-0.4, -0.2) is 27.3 Å². The van der Waals surface area contributed by atoms with E-state index in [9.17, 15) is 4.79 Å².